The van der Waals surface area contributed by atoms with E-state index in [-0.39, 0.29) is 17.6 Å². The van der Waals surface area contributed by atoms with Gasteiger partial charge in [0.1, 0.15) is 5.75 Å². The monoisotopic (exact) mass is 221 g/mol. The minimum atomic E-state index is -0.770. The number of carboxylic acid groups (broad SMARTS) is 1. The van der Waals surface area contributed by atoms with Crippen LogP contribution in [0.1, 0.15) is 24.8 Å². The van der Waals surface area contributed by atoms with Gasteiger partial charge in [-0.25, -0.2) is 0 Å². The third-order valence-corrected chi connectivity index (χ3v) is 3.07. The van der Waals surface area contributed by atoms with Crippen LogP contribution in [0.3, 0.4) is 0 Å². The molecule has 0 bridgehead atoms. The molecule has 0 amide bonds. The molecule has 2 rings (SSSR count). The number of nitrogens with one attached hydrogen (secondary N) is 1. The molecule has 4 heteroatoms. The lowest BCUT2D eigenvalue weighted by Gasteiger charge is -2.13. The third-order valence-electron chi connectivity index (χ3n) is 3.07. The summed E-state index contributed by atoms with van der Waals surface area (Å²) in [6.07, 6.45) is 0.596. The molecule has 0 aromatic heterocycles. The molecule has 0 fully saturated rings. The van der Waals surface area contributed by atoms with E-state index in [9.17, 15) is 9.90 Å². The number of phenols is 1. The van der Waals surface area contributed by atoms with Crippen LogP contribution in [0.4, 0.5) is 5.69 Å². The maximum Gasteiger partial charge on any atom is 0.306 e. The first-order chi connectivity index (χ1) is 7.58. The van der Waals surface area contributed by atoms with Gasteiger partial charge >= 0.3 is 5.97 Å². The number of anilines is 1. The van der Waals surface area contributed by atoms with Crippen molar-refractivity contribution in [3.63, 3.8) is 0 Å². The van der Waals surface area contributed by atoms with Gasteiger partial charge in [0.15, 0.2) is 0 Å². The van der Waals surface area contributed by atoms with Crippen molar-refractivity contribution in [2.24, 2.45) is 5.92 Å². The zero-order chi connectivity index (χ0) is 11.7. The van der Waals surface area contributed by atoms with E-state index in [1.165, 1.54) is 0 Å². The van der Waals surface area contributed by atoms with Gasteiger partial charge in [-0.3, -0.25) is 4.79 Å². The largest absolute Gasteiger partial charge is 0.508 e. The molecule has 3 N–H and O–H groups in total. The molecular formula is C12H15NO3. The number of carboxylic acids is 1. The van der Waals surface area contributed by atoms with E-state index in [1.807, 2.05) is 6.07 Å². The first-order valence-corrected chi connectivity index (χ1v) is 5.37. The average Bonchev–Trinajstić information content (AvgIpc) is 2.61. The summed E-state index contributed by atoms with van der Waals surface area (Å²) in [5.41, 5.74) is 2.02. The molecule has 1 aromatic rings. The van der Waals surface area contributed by atoms with E-state index in [0.717, 1.165) is 17.8 Å². The Morgan fingerprint density at radius 1 is 1.62 bits per heavy atom. The number of hydrogen-bond donors (Lipinski definition) is 3. The van der Waals surface area contributed by atoms with Gasteiger partial charge in [-0.15, -0.1) is 0 Å². The van der Waals surface area contributed by atoms with Crippen LogP contribution in [0, 0.1) is 5.92 Å². The van der Waals surface area contributed by atoms with Gasteiger partial charge in [-0.2, -0.15) is 0 Å². The molecule has 1 aliphatic heterocycles. The van der Waals surface area contributed by atoms with Crippen molar-refractivity contribution in [1.82, 2.24) is 0 Å². The molecule has 0 spiro atoms. The second-order valence-corrected chi connectivity index (χ2v) is 4.32. The Morgan fingerprint density at radius 3 is 3.06 bits per heavy atom. The predicted molar refractivity (Wildman–Crippen MR) is 60.8 cm³/mol. The van der Waals surface area contributed by atoms with E-state index < -0.39 is 5.97 Å². The molecule has 1 aliphatic rings. The van der Waals surface area contributed by atoms with Crippen molar-refractivity contribution in [3.05, 3.63) is 23.8 Å². The number of rotatable bonds is 3. The topological polar surface area (TPSA) is 69.6 Å². The minimum absolute atomic E-state index is 0.174. The Kier molecular flexibility index (Phi) is 2.73. The summed E-state index contributed by atoms with van der Waals surface area (Å²) in [6, 6.07) is 5.18. The second kappa shape index (κ2) is 4.04. The van der Waals surface area contributed by atoms with E-state index >= 15 is 0 Å². The van der Waals surface area contributed by atoms with Gasteiger partial charge in [-0.1, -0.05) is 6.92 Å². The maximum atomic E-state index is 10.8. The van der Waals surface area contributed by atoms with Crippen molar-refractivity contribution < 1.29 is 15.0 Å². The van der Waals surface area contributed by atoms with Crippen LogP contribution in [0.25, 0.3) is 0 Å². The number of hydrogen-bond acceptors (Lipinski definition) is 3. The number of aromatic hydroxyl groups is 1. The fourth-order valence-electron chi connectivity index (χ4n) is 2.13. The molecule has 86 valence electrons. The van der Waals surface area contributed by atoms with Crippen molar-refractivity contribution in [3.8, 4) is 5.75 Å². The molecule has 0 radical (unpaired) electrons. The lowest BCUT2D eigenvalue weighted by molar-refractivity contribution is -0.141. The van der Waals surface area contributed by atoms with Crippen LogP contribution >= 0.6 is 0 Å². The average molecular weight is 221 g/mol. The Balaban J connectivity index is 2.17. The van der Waals surface area contributed by atoms with E-state index in [0.29, 0.717) is 6.42 Å². The number of aliphatic carboxylic acids is 1. The molecule has 2 unspecified atom stereocenters. The summed E-state index contributed by atoms with van der Waals surface area (Å²) in [4.78, 5) is 10.8. The number of benzene rings is 1. The molecule has 0 saturated carbocycles. The molecule has 0 aliphatic carbocycles. The van der Waals surface area contributed by atoms with Crippen LogP contribution < -0.4 is 5.32 Å². The standard InChI is InChI=1S/C12H15NO3/c1-7(12(15)16)4-8-6-13-11-3-2-9(14)5-10(8)11/h2-3,5,7-8,13-14H,4,6H2,1H3,(H,15,16). The quantitative estimate of drug-likeness (QED) is 0.683. The van der Waals surface area contributed by atoms with Crippen LogP contribution in [0.2, 0.25) is 0 Å². The summed E-state index contributed by atoms with van der Waals surface area (Å²) in [7, 11) is 0. The van der Waals surface area contributed by atoms with Crippen molar-refractivity contribution >= 4 is 11.7 Å². The van der Waals surface area contributed by atoms with Gasteiger partial charge in [0.25, 0.3) is 0 Å². The normalized spacial score (nSPS) is 19.9. The summed E-state index contributed by atoms with van der Waals surface area (Å²) in [6.45, 7) is 2.46. The minimum Gasteiger partial charge on any atom is -0.508 e. The molecule has 1 heterocycles. The SMILES string of the molecule is CC(CC1CNc2ccc(O)cc21)C(=O)O. The highest BCUT2D eigenvalue weighted by atomic mass is 16.4. The first-order valence-electron chi connectivity index (χ1n) is 5.37. The van der Waals surface area contributed by atoms with Gasteiger partial charge in [-0.05, 0) is 30.2 Å². The highest BCUT2D eigenvalue weighted by Crippen LogP contribution is 2.37. The third kappa shape index (κ3) is 1.96. The van der Waals surface area contributed by atoms with Gasteiger partial charge in [0, 0.05) is 18.2 Å². The van der Waals surface area contributed by atoms with Crippen LogP contribution in [-0.4, -0.2) is 22.7 Å². The lowest BCUT2D eigenvalue weighted by Crippen LogP contribution is -2.14. The Labute approximate surface area is 93.9 Å². The number of carbonyl (C=O) groups is 1. The molecule has 16 heavy (non-hydrogen) atoms. The van der Waals surface area contributed by atoms with E-state index in [1.54, 1.807) is 19.1 Å². The smallest absolute Gasteiger partial charge is 0.306 e. The van der Waals surface area contributed by atoms with Crippen LogP contribution in [0.5, 0.6) is 5.75 Å². The fourth-order valence-corrected chi connectivity index (χ4v) is 2.13. The summed E-state index contributed by atoms with van der Waals surface area (Å²) >= 11 is 0. The highest BCUT2D eigenvalue weighted by molar-refractivity contribution is 5.70. The molecular weight excluding hydrogens is 206 g/mol. The van der Waals surface area contributed by atoms with Gasteiger partial charge in [0.2, 0.25) is 0 Å². The number of phenolic OH excluding ortho intramolecular Hbond substituents is 1. The predicted octanol–water partition coefficient (Wildman–Crippen LogP) is 2.01. The van der Waals surface area contributed by atoms with Crippen molar-refractivity contribution in [2.45, 2.75) is 19.3 Å². The molecule has 0 saturated heterocycles. The van der Waals surface area contributed by atoms with Crippen LogP contribution in [-0.2, 0) is 4.79 Å². The Bertz CT molecular complexity index is 417. The fraction of sp³-hybridized carbons (Fsp3) is 0.417. The molecule has 4 nitrogen and oxygen atoms in total. The van der Waals surface area contributed by atoms with Crippen molar-refractivity contribution in [2.75, 3.05) is 11.9 Å². The highest BCUT2D eigenvalue weighted by Gasteiger charge is 2.26. The zero-order valence-electron chi connectivity index (χ0n) is 9.10. The number of fused-ring (bicyclic) bond motifs is 1. The lowest BCUT2D eigenvalue weighted by atomic mass is 9.91. The maximum absolute atomic E-state index is 10.8. The van der Waals surface area contributed by atoms with Crippen LogP contribution in [0.15, 0.2) is 18.2 Å². The summed E-state index contributed by atoms with van der Waals surface area (Å²) in [5, 5.41) is 21.5. The zero-order valence-corrected chi connectivity index (χ0v) is 9.10. The molecule has 1 aromatic carbocycles. The Hall–Kier alpha value is -1.71. The first kappa shape index (κ1) is 10.8. The summed E-state index contributed by atoms with van der Waals surface area (Å²) < 4.78 is 0. The van der Waals surface area contributed by atoms with Gasteiger partial charge in [0.05, 0.1) is 5.92 Å². The summed E-state index contributed by atoms with van der Waals surface area (Å²) in [5.74, 6) is -0.725. The molecule has 2 atom stereocenters. The second-order valence-electron chi connectivity index (χ2n) is 4.32. The Morgan fingerprint density at radius 2 is 2.38 bits per heavy atom. The van der Waals surface area contributed by atoms with Crippen molar-refractivity contribution in [1.29, 1.82) is 0 Å². The van der Waals surface area contributed by atoms with E-state index in [4.69, 9.17) is 5.11 Å². The van der Waals surface area contributed by atoms with Gasteiger partial charge < -0.3 is 15.5 Å². The van der Waals surface area contributed by atoms with E-state index in [2.05, 4.69) is 5.32 Å².